The van der Waals surface area contributed by atoms with E-state index < -0.39 is 0 Å². The van der Waals surface area contributed by atoms with Crippen molar-refractivity contribution in [1.82, 2.24) is 9.97 Å². The number of thiophene rings is 1. The van der Waals surface area contributed by atoms with Crippen LogP contribution < -0.4 is 0 Å². The monoisotopic (exact) mass is 290 g/mol. The standard InChI is InChI=1S/C18H14N2S/c1-12-10-11-17(21-12)13-6-2-3-7-14(13)18-19-15-8-4-5-9-16(15)20-18/h2-11H,1H3,(H,19,20). The third-order valence-corrected chi connectivity index (χ3v) is 4.61. The number of H-pyrrole nitrogens is 1. The molecule has 0 fully saturated rings. The number of fused-ring (bicyclic) bond motifs is 1. The van der Waals surface area contributed by atoms with Crippen LogP contribution in [-0.4, -0.2) is 9.97 Å². The molecule has 102 valence electrons. The molecule has 0 radical (unpaired) electrons. The fourth-order valence-electron chi connectivity index (χ4n) is 2.56. The fraction of sp³-hybridized carbons (Fsp3) is 0.0556. The van der Waals surface area contributed by atoms with Crippen molar-refractivity contribution in [1.29, 1.82) is 0 Å². The third kappa shape index (κ3) is 2.16. The minimum atomic E-state index is 0.929. The van der Waals surface area contributed by atoms with Gasteiger partial charge in [0.05, 0.1) is 11.0 Å². The summed E-state index contributed by atoms with van der Waals surface area (Å²) in [7, 11) is 0. The number of imidazole rings is 1. The Balaban J connectivity index is 1.92. The maximum atomic E-state index is 4.73. The van der Waals surface area contributed by atoms with Crippen molar-refractivity contribution in [3.05, 3.63) is 65.5 Å². The largest absolute Gasteiger partial charge is 0.338 e. The van der Waals surface area contributed by atoms with Gasteiger partial charge in [-0.3, -0.25) is 0 Å². The number of nitrogens with zero attached hydrogens (tertiary/aromatic N) is 1. The molecule has 2 aromatic carbocycles. The molecule has 0 spiro atoms. The Morgan fingerprint density at radius 3 is 2.38 bits per heavy atom. The molecule has 2 heterocycles. The first kappa shape index (κ1) is 12.4. The smallest absolute Gasteiger partial charge is 0.139 e. The number of aromatic nitrogens is 2. The van der Waals surface area contributed by atoms with Crippen molar-refractivity contribution in [2.24, 2.45) is 0 Å². The van der Waals surface area contributed by atoms with Crippen LogP contribution in [0.15, 0.2) is 60.7 Å². The molecule has 0 aliphatic carbocycles. The normalized spacial score (nSPS) is 11.1. The predicted octanol–water partition coefficient (Wildman–Crippen LogP) is 5.27. The predicted molar refractivity (Wildman–Crippen MR) is 89.6 cm³/mol. The molecule has 0 amide bonds. The third-order valence-electron chi connectivity index (χ3n) is 3.58. The van der Waals surface area contributed by atoms with E-state index in [9.17, 15) is 0 Å². The maximum absolute atomic E-state index is 4.73. The zero-order chi connectivity index (χ0) is 14.2. The first-order valence-electron chi connectivity index (χ1n) is 6.92. The highest BCUT2D eigenvalue weighted by atomic mass is 32.1. The van der Waals surface area contributed by atoms with E-state index in [-0.39, 0.29) is 0 Å². The molecule has 0 saturated heterocycles. The summed E-state index contributed by atoms with van der Waals surface area (Å²) in [4.78, 5) is 10.8. The van der Waals surface area contributed by atoms with E-state index in [1.165, 1.54) is 15.3 Å². The number of benzene rings is 2. The summed E-state index contributed by atoms with van der Waals surface area (Å²) in [5, 5.41) is 0. The van der Waals surface area contributed by atoms with E-state index in [1.807, 2.05) is 29.5 Å². The summed E-state index contributed by atoms with van der Waals surface area (Å²) in [6.45, 7) is 2.14. The molecule has 4 aromatic rings. The van der Waals surface area contributed by atoms with Crippen LogP contribution in [0.3, 0.4) is 0 Å². The maximum Gasteiger partial charge on any atom is 0.139 e. The van der Waals surface area contributed by atoms with E-state index in [0.29, 0.717) is 0 Å². The van der Waals surface area contributed by atoms with Crippen molar-refractivity contribution in [3.63, 3.8) is 0 Å². The van der Waals surface area contributed by atoms with Crippen molar-refractivity contribution in [2.45, 2.75) is 6.92 Å². The van der Waals surface area contributed by atoms with Crippen molar-refractivity contribution in [2.75, 3.05) is 0 Å². The number of aryl methyl sites for hydroxylation is 1. The second kappa shape index (κ2) is 4.86. The summed E-state index contributed by atoms with van der Waals surface area (Å²) in [6.07, 6.45) is 0. The lowest BCUT2D eigenvalue weighted by molar-refractivity contribution is 1.34. The lowest BCUT2D eigenvalue weighted by atomic mass is 10.1. The Morgan fingerprint density at radius 1 is 0.857 bits per heavy atom. The number of hydrogen-bond donors (Lipinski definition) is 1. The Morgan fingerprint density at radius 2 is 1.62 bits per heavy atom. The molecule has 0 unspecified atom stereocenters. The molecule has 0 aliphatic heterocycles. The first-order chi connectivity index (χ1) is 10.3. The van der Waals surface area contributed by atoms with Gasteiger partial charge in [-0.25, -0.2) is 4.98 Å². The van der Waals surface area contributed by atoms with Crippen molar-refractivity contribution < 1.29 is 0 Å². The number of rotatable bonds is 2. The number of para-hydroxylation sites is 2. The Kier molecular flexibility index (Phi) is 2.86. The van der Waals surface area contributed by atoms with Gasteiger partial charge in [0.25, 0.3) is 0 Å². The molecule has 0 atom stereocenters. The topological polar surface area (TPSA) is 28.7 Å². The van der Waals surface area contributed by atoms with Crippen LogP contribution in [0.2, 0.25) is 0 Å². The minimum absolute atomic E-state index is 0.929. The van der Waals surface area contributed by atoms with Crippen molar-refractivity contribution in [3.8, 4) is 21.8 Å². The minimum Gasteiger partial charge on any atom is -0.338 e. The Labute approximate surface area is 127 Å². The van der Waals surface area contributed by atoms with Crippen LogP contribution >= 0.6 is 11.3 Å². The van der Waals surface area contributed by atoms with Gasteiger partial charge in [0, 0.05) is 20.9 Å². The number of aromatic amines is 1. The van der Waals surface area contributed by atoms with E-state index in [4.69, 9.17) is 4.98 Å². The zero-order valence-electron chi connectivity index (χ0n) is 11.6. The summed E-state index contributed by atoms with van der Waals surface area (Å²) in [5.41, 5.74) is 4.46. The van der Waals surface area contributed by atoms with Gasteiger partial charge in [-0.1, -0.05) is 36.4 Å². The van der Waals surface area contributed by atoms with Gasteiger partial charge in [-0.05, 0) is 31.2 Å². The van der Waals surface area contributed by atoms with Crippen LogP contribution in [0.5, 0.6) is 0 Å². The van der Waals surface area contributed by atoms with Gasteiger partial charge in [0.1, 0.15) is 5.82 Å². The van der Waals surface area contributed by atoms with E-state index >= 15 is 0 Å². The van der Waals surface area contributed by atoms with Gasteiger partial charge in [0.2, 0.25) is 0 Å². The quantitative estimate of drug-likeness (QED) is 0.535. The number of nitrogens with one attached hydrogen (secondary N) is 1. The van der Waals surface area contributed by atoms with Gasteiger partial charge in [0.15, 0.2) is 0 Å². The highest BCUT2D eigenvalue weighted by molar-refractivity contribution is 7.15. The van der Waals surface area contributed by atoms with Gasteiger partial charge in [-0.2, -0.15) is 0 Å². The van der Waals surface area contributed by atoms with E-state index in [2.05, 4.69) is 54.4 Å². The second-order valence-corrected chi connectivity index (χ2v) is 6.35. The van der Waals surface area contributed by atoms with Crippen LogP contribution in [-0.2, 0) is 0 Å². The summed E-state index contributed by atoms with van der Waals surface area (Å²) < 4.78 is 0. The SMILES string of the molecule is Cc1ccc(-c2ccccc2-c2nc3ccccc3[nH]2)s1. The van der Waals surface area contributed by atoms with E-state index in [0.717, 1.165) is 22.4 Å². The summed E-state index contributed by atoms with van der Waals surface area (Å²) in [5.74, 6) is 0.929. The van der Waals surface area contributed by atoms with E-state index in [1.54, 1.807) is 0 Å². The summed E-state index contributed by atoms with van der Waals surface area (Å²) in [6, 6.07) is 20.9. The first-order valence-corrected chi connectivity index (χ1v) is 7.74. The molecule has 4 rings (SSSR count). The highest BCUT2D eigenvalue weighted by Gasteiger charge is 2.11. The van der Waals surface area contributed by atoms with Crippen LogP contribution in [0.1, 0.15) is 4.88 Å². The van der Waals surface area contributed by atoms with Crippen molar-refractivity contribution >= 4 is 22.4 Å². The molecular formula is C18H14N2S. The molecular weight excluding hydrogens is 276 g/mol. The second-order valence-electron chi connectivity index (χ2n) is 5.06. The Hall–Kier alpha value is -2.39. The zero-order valence-corrected chi connectivity index (χ0v) is 12.4. The van der Waals surface area contributed by atoms with Gasteiger partial charge >= 0.3 is 0 Å². The number of hydrogen-bond acceptors (Lipinski definition) is 2. The highest BCUT2D eigenvalue weighted by Crippen LogP contribution is 2.35. The molecule has 2 aromatic heterocycles. The van der Waals surface area contributed by atoms with Crippen LogP contribution in [0.4, 0.5) is 0 Å². The lowest BCUT2D eigenvalue weighted by Crippen LogP contribution is -1.84. The average molecular weight is 290 g/mol. The molecule has 0 aliphatic rings. The molecule has 0 saturated carbocycles. The molecule has 0 bridgehead atoms. The summed E-state index contributed by atoms with van der Waals surface area (Å²) >= 11 is 1.81. The molecule has 21 heavy (non-hydrogen) atoms. The van der Waals surface area contributed by atoms with Crippen LogP contribution in [0.25, 0.3) is 32.9 Å². The molecule has 1 N–H and O–H groups in total. The Bertz CT molecular complexity index is 885. The molecule has 3 heteroatoms. The van der Waals surface area contributed by atoms with Gasteiger partial charge in [-0.15, -0.1) is 11.3 Å². The van der Waals surface area contributed by atoms with Crippen LogP contribution in [0, 0.1) is 6.92 Å². The lowest BCUT2D eigenvalue weighted by Gasteiger charge is -2.04. The van der Waals surface area contributed by atoms with Gasteiger partial charge < -0.3 is 4.98 Å². The molecule has 2 nitrogen and oxygen atoms in total. The average Bonchev–Trinajstić information content (AvgIpc) is 3.13. The fourth-order valence-corrected chi connectivity index (χ4v) is 3.47.